The van der Waals surface area contributed by atoms with Gasteiger partial charge in [0.2, 0.25) is 0 Å². The van der Waals surface area contributed by atoms with E-state index in [4.69, 9.17) is 4.98 Å². The fourth-order valence-electron chi connectivity index (χ4n) is 3.30. The zero-order valence-corrected chi connectivity index (χ0v) is 14.7. The molecule has 3 nitrogen and oxygen atoms in total. The van der Waals surface area contributed by atoms with Crippen molar-refractivity contribution in [3.8, 4) is 0 Å². The van der Waals surface area contributed by atoms with Gasteiger partial charge in [-0.2, -0.15) is 0 Å². The number of benzene rings is 1. The van der Waals surface area contributed by atoms with Crippen LogP contribution < -0.4 is 5.56 Å². The Bertz CT molecular complexity index is 912. The number of thiophene rings is 1. The quantitative estimate of drug-likeness (QED) is 0.532. The molecule has 0 amide bonds. The summed E-state index contributed by atoms with van der Waals surface area (Å²) in [5, 5.41) is 1.71. The highest BCUT2D eigenvalue weighted by atomic mass is 32.2. The lowest BCUT2D eigenvalue weighted by atomic mass is 10.1. The largest absolute Gasteiger partial charge is 0.287 e. The summed E-state index contributed by atoms with van der Waals surface area (Å²) in [5.41, 5.74) is 2.67. The van der Waals surface area contributed by atoms with E-state index in [-0.39, 0.29) is 5.56 Å². The summed E-state index contributed by atoms with van der Waals surface area (Å²) in [7, 11) is 0. The minimum atomic E-state index is 0.148. The van der Waals surface area contributed by atoms with E-state index in [0.717, 1.165) is 34.6 Å². The fourth-order valence-corrected chi connectivity index (χ4v) is 5.18. The highest BCUT2D eigenvalue weighted by molar-refractivity contribution is 7.98. The first kappa shape index (κ1) is 15.0. The summed E-state index contributed by atoms with van der Waals surface area (Å²) in [5.74, 6) is 0. The van der Waals surface area contributed by atoms with Crippen molar-refractivity contribution in [1.82, 2.24) is 9.55 Å². The van der Waals surface area contributed by atoms with Crippen LogP contribution in [0.2, 0.25) is 0 Å². The lowest BCUT2D eigenvalue weighted by Gasteiger charge is -2.11. The van der Waals surface area contributed by atoms with Crippen molar-refractivity contribution < 1.29 is 0 Å². The molecule has 0 unspecified atom stereocenters. The highest BCUT2D eigenvalue weighted by Crippen LogP contribution is 2.35. The Morgan fingerprint density at radius 1 is 1.26 bits per heavy atom. The first-order valence-corrected chi connectivity index (χ1v) is 9.95. The van der Waals surface area contributed by atoms with E-state index in [2.05, 4.69) is 12.1 Å². The lowest BCUT2D eigenvalue weighted by Crippen LogP contribution is -2.24. The molecule has 0 spiro atoms. The van der Waals surface area contributed by atoms with Crippen molar-refractivity contribution in [2.24, 2.45) is 0 Å². The SMILES string of the molecule is CSc1nc2sc3c(c2c(=O)n1CCc1ccccc1)CCC3. The van der Waals surface area contributed by atoms with E-state index in [1.165, 1.54) is 22.4 Å². The van der Waals surface area contributed by atoms with E-state index in [1.807, 2.05) is 29.0 Å². The third kappa shape index (κ3) is 2.62. The summed E-state index contributed by atoms with van der Waals surface area (Å²) < 4.78 is 1.87. The second-order valence-corrected chi connectivity index (χ2v) is 7.69. The van der Waals surface area contributed by atoms with Crippen molar-refractivity contribution in [2.75, 3.05) is 6.26 Å². The van der Waals surface area contributed by atoms with Crippen LogP contribution in [-0.2, 0) is 25.8 Å². The molecule has 0 aliphatic heterocycles. The van der Waals surface area contributed by atoms with Crippen LogP contribution in [0.5, 0.6) is 0 Å². The topological polar surface area (TPSA) is 34.9 Å². The number of aryl methyl sites for hydroxylation is 3. The van der Waals surface area contributed by atoms with Gasteiger partial charge in [0.15, 0.2) is 5.16 Å². The number of thioether (sulfide) groups is 1. The molecule has 0 atom stereocenters. The zero-order chi connectivity index (χ0) is 15.8. The number of rotatable bonds is 4. The molecule has 23 heavy (non-hydrogen) atoms. The number of nitrogens with zero attached hydrogens (tertiary/aromatic N) is 2. The molecule has 0 fully saturated rings. The Kier molecular flexibility index (Phi) is 3.99. The molecule has 0 bridgehead atoms. The van der Waals surface area contributed by atoms with Gasteiger partial charge in [0, 0.05) is 11.4 Å². The van der Waals surface area contributed by atoms with Crippen LogP contribution in [0.3, 0.4) is 0 Å². The molecule has 0 N–H and O–H groups in total. The van der Waals surface area contributed by atoms with E-state index >= 15 is 0 Å². The van der Waals surface area contributed by atoms with Gasteiger partial charge < -0.3 is 0 Å². The smallest absolute Gasteiger partial charge is 0.263 e. The molecular weight excluding hydrogens is 324 g/mol. The van der Waals surface area contributed by atoms with Crippen LogP contribution in [-0.4, -0.2) is 15.8 Å². The van der Waals surface area contributed by atoms with E-state index < -0.39 is 0 Å². The maximum absolute atomic E-state index is 13.1. The fraction of sp³-hybridized carbons (Fsp3) is 0.333. The molecule has 1 aromatic carbocycles. The zero-order valence-electron chi connectivity index (χ0n) is 13.0. The van der Waals surface area contributed by atoms with Crippen molar-refractivity contribution in [3.05, 3.63) is 56.7 Å². The molecule has 3 aromatic rings. The molecule has 0 saturated heterocycles. The van der Waals surface area contributed by atoms with Gasteiger partial charge >= 0.3 is 0 Å². The van der Waals surface area contributed by atoms with Crippen molar-refractivity contribution in [2.45, 2.75) is 37.4 Å². The third-order valence-electron chi connectivity index (χ3n) is 4.44. The van der Waals surface area contributed by atoms with Gasteiger partial charge in [-0.05, 0) is 43.1 Å². The summed E-state index contributed by atoms with van der Waals surface area (Å²) in [4.78, 5) is 20.1. The maximum atomic E-state index is 13.1. The monoisotopic (exact) mass is 342 g/mol. The maximum Gasteiger partial charge on any atom is 0.263 e. The van der Waals surface area contributed by atoms with Crippen molar-refractivity contribution in [3.63, 3.8) is 0 Å². The molecule has 2 aromatic heterocycles. The molecule has 1 aliphatic carbocycles. The van der Waals surface area contributed by atoms with Crippen LogP contribution in [0.25, 0.3) is 10.2 Å². The van der Waals surface area contributed by atoms with Crippen molar-refractivity contribution in [1.29, 1.82) is 0 Å². The average Bonchev–Trinajstić information content (AvgIpc) is 3.15. The molecule has 118 valence electrons. The highest BCUT2D eigenvalue weighted by Gasteiger charge is 2.22. The van der Waals surface area contributed by atoms with Crippen LogP contribution in [0.1, 0.15) is 22.4 Å². The Hall–Kier alpha value is -1.59. The van der Waals surface area contributed by atoms with Gasteiger partial charge in [0.1, 0.15) is 4.83 Å². The molecule has 4 rings (SSSR count). The normalized spacial score (nSPS) is 13.6. The van der Waals surface area contributed by atoms with Gasteiger partial charge in [-0.25, -0.2) is 4.98 Å². The molecule has 1 aliphatic rings. The second-order valence-electron chi connectivity index (χ2n) is 5.83. The van der Waals surface area contributed by atoms with Crippen LogP contribution in [0.4, 0.5) is 0 Å². The summed E-state index contributed by atoms with van der Waals surface area (Å²) >= 11 is 3.27. The first-order valence-electron chi connectivity index (χ1n) is 7.91. The molecular formula is C18H18N2OS2. The Morgan fingerprint density at radius 3 is 2.87 bits per heavy atom. The van der Waals surface area contributed by atoms with E-state index in [1.54, 1.807) is 23.1 Å². The third-order valence-corrected chi connectivity index (χ3v) is 6.30. The number of aromatic nitrogens is 2. The average molecular weight is 342 g/mol. The first-order chi connectivity index (χ1) is 11.3. The molecule has 2 heterocycles. The standard InChI is InChI=1S/C18H18N2OS2/c1-22-18-19-16-15(13-8-5-9-14(13)23-16)17(21)20(18)11-10-12-6-3-2-4-7-12/h2-4,6-7H,5,8-11H2,1H3. The van der Waals surface area contributed by atoms with Crippen molar-refractivity contribution >= 4 is 33.3 Å². The Morgan fingerprint density at radius 2 is 2.09 bits per heavy atom. The summed E-state index contributed by atoms with van der Waals surface area (Å²) in [6.07, 6.45) is 6.16. The number of hydrogen-bond acceptors (Lipinski definition) is 4. The van der Waals surface area contributed by atoms with Crippen LogP contribution in [0, 0.1) is 0 Å². The Labute approximate surface area is 143 Å². The predicted molar refractivity (Wildman–Crippen MR) is 97.8 cm³/mol. The van der Waals surface area contributed by atoms with Gasteiger partial charge in [-0.3, -0.25) is 9.36 Å². The predicted octanol–water partition coefficient (Wildman–Crippen LogP) is 3.91. The Balaban J connectivity index is 1.78. The molecule has 0 radical (unpaired) electrons. The molecule has 5 heteroatoms. The van der Waals surface area contributed by atoms with E-state index in [9.17, 15) is 4.79 Å². The van der Waals surface area contributed by atoms with Crippen LogP contribution >= 0.6 is 23.1 Å². The minimum absolute atomic E-state index is 0.148. The van der Waals surface area contributed by atoms with Gasteiger partial charge in [0.25, 0.3) is 5.56 Å². The molecule has 0 saturated carbocycles. The second kappa shape index (κ2) is 6.13. The van der Waals surface area contributed by atoms with Gasteiger partial charge in [0.05, 0.1) is 5.39 Å². The van der Waals surface area contributed by atoms with Crippen LogP contribution in [0.15, 0.2) is 40.3 Å². The summed E-state index contributed by atoms with van der Waals surface area (Å²) in [6, 6.07) is 10.3. The number of hydrogen-bond donors (Lipinski definition) is 0. The lowest BCUT2D eigenvalue weighted by molar-refractivity contribution is 0.596. The minimum Gasteiger partial charge on any atom is -0.287 e. The number of fused-ring (bicyclic) bond motifs is 3. The van der Waals surface area contributed by atoms with Gasteiger partial charge in [-0.15, -0.1) is 11.3 Å². The summed E-state index contributed by atoms with van der Waals surface area (Å²) in [6.45, 7) is 0.687. The van der Waals surface area contributed by atoms with E-state index in [0.29, 0.717) is 6.54 Å². The van der Waals surface area contributed by atoms with Gasteiger partial charge in [-0.1, -0.05) is 42.1 Å².